The Morgan fingerprint density at radius 3 is 2.05 bits per heavy atom. The Balaban J connectivity index is 1.71. The van der Waals surface area contributed by atoms with Gasteiger partial charge in [0, 0.05) is 6.54 Å². The summed E-state index contributed by atoms with van der Waals surface area (Å²) in [7, 11) is 0. The molecule has 3 fully saturated rings. The summed E-state index contributed by atoms with van der Waals surface area (Å²) in [6.45, 7) is 7.43. The molecule has 3 aliphatic heterocycles. The third-order valence-corrected chi connectivity index (χ3v) is 7.88. The van der Waals surface area contributed by atoms with Gasteiger partial charge < -0.3 is 4.90 Å². The van der Waals surface area contributed by atoms with Crippen molar-refractivity contribution in [1.82, 2.24) is 9.80 Å². The Kier molecular flexibility index (Phi) is 5.92. The first-order chi connectivity index (χ1) is 17.8. The van der Waals surface area contributed by atoms with Crippen molar-refractivity contribution in [2.75, 3.05) is 11.4 Å². The summed E-state index contributed by atoms with van der Waals surface area (Å²) in [6, 6.07) is 9.41. The lowest BCUT2D eigenvalue weighted by Crippen LogP contribution is -2.54. The molecule has 0 aromatic heterocycles. The molecule has 0 spiro atoms. The summed E-state index contributed by atoms with van der Waals surface area (Å²) < 4.78 is 39.5. The van der Waals surface area contributed by atoms with Gasteiger partial charge in [0.2, 0.25) is 11.8 Å². The maximum Gasteiger partial charge on any atom is 0.416 e. The lowest BCUT2D eigenvalue weighted by Gasteiger charge is -2.36. The number of hydrogen-bond acceptors (Lipinski definition) is 4. The fourth-order valence-corrected chi connectivity index (χ4v) is 6.44. The average Bonchev–Trinajstić information content (AvgIpc) is 3.36. The number of halogens is 3. The Hall–Kier alpha value is -3.69. The number of amides is 5. The van der Waals surface area contributed by atoms with E-state index in [1.807, 2.05) is 32.9 Å². The van der Waals surface area contributed by atoms with Gasteiger partial charge >= 0.3 is 12.2 Å². The van der Waals surface area contributed by atoms with E-state index in [1.165, 1.54) is 4.90 Å². The summed E-state index contributed by atoms with van der Waals surface area (Å²) in [6.07, 6.45) is -4.46. The predicted octanol–water partition coefficient (Wildman–Crippen LogP) is 4.94. The second-order valence-electron chi connectivity index (χ2n) is 10.6. The maximum atomic E-state index is 14.3. The molecule has 2 aromatic carbocycles. The van der Waals surface area contributed by atoms with Crippen molar-refractivity contribution in [3.63, 3.8) is 0 Å². The van der Waals surface area contributed by atoms with E-state index in [2.05, 4.69) is 0 Å². The molecule has 5 rings (SSSR count). The second kappa shape index (κ2) is 8.68. The first kappa shape index (κ1) is 25.9. The van der Waals surface area contributed by atoms with Crippen LogP contribution < -0.4 is 4.90 Å². The number of alkyl halides is 3. The zero-order valence-corrected chi connectivity index (χ0v) is 21.5. The molecular weight excluding hydrogens is 499 g/mol. The minimum Gasteiger partial charge on any atom is -0.300 e. The zero-order valence-electron chi connectivity index (χ0n) is 21.5. The van der Waals surface area contributed by atoms with Crippen LogP contribution in [0, 0.1) is 24.7 Å². The lowest BCUT2D eigenvalue weighted by atomic mass is 9.74. The minimum atomic E-state index is -4.58. The number of aryl methyl sites for hydroxylation is 1. The Morgan fingerprint density at radius 2 is 1.53 bits per heavy atom. The predicted molar refractivity (Wildman–Crippen MR) is 132 cm³/mol. The molecule has 4 atom stereocenters. The van der Waals surface area contributed by atoms with E-state index in [-0.39, 0.29) is 24.6 Å². The maximum absolute atomic E-state index is 14.3. The van der Waals surface area contributed by atoms with E-state index in [9.17, 15) is 32.3 Å². The van der Waals surface area contributed by atoms with Gasteiger partial charge in [-0.2, -0.15) is 13.2 Å². The number of rotatable bonds is 5. The molecule has 38 heavy (non-hydrogen) atoms. The first-order valence-corrected chi connectivity index (χ1v) is 12.6. The van der Waals surface area contributed by atoms with Crippen molar-refractivity contribution in [2.45, 2.75) is 51.9 Å². The van der Waals surface area contributed by atoms with Gasteiger partial charge in [0.25, 0.3) is 5.91 Å². The summed E-state index contributed by atoms with van der Waals surface area (Å²) in [5, 5.41) is 0. The van der Waals surface area contributed by atoms with Gasteiger partial charge in [-0.25, -0.2) is 9.69 Å². The quantitative estimate of drug-likeness (QED) is 0.408. The van der Waals surface area contributed by atoms with Gasteiger partial charge in [-0.15, -0.1) is 0 Å². The first-order valence-electron chi connectivity index (χ1n) is 12.6. The van der Waals surface area contributed by atoms with Gasteiger partial charge in [0.15, 0.2) is 0 Å². The lowest BCUT2D eigenvalue weighted by molar-refractivity contribution is -0.144. The molecule has 3 heterocycles. The van der Waals surface area contributed by atoms with Crippen LogP contribution in [0.4, 0.5) is 23.7 Å². The van der Waals surface area contributed by atoms with Crippen molar-refractivity contribution < 1.29 is 32.3 Å². The van der Waals surface area contributed by atoms with Crippen LogP contribution in [0.2, 0.25) is 0 Å². The number of nitrogens with zero attached hydrogens (tertiary/aromatic N) is 3. The molecule has 3 saturated heterocycles. The zero-order chi connectivity index (χ0) is 27.7. The van der Waals surface area contributed by atoms with Crippen LogP contribution in [-0.4, -0.2) is 45.6 Å². The summed E-state index contributed by atoms with van der Waals surface area (Å²) in [4.78, 5) is 59.1. The molecule has 0 N–H and O–H groups in total. The number of imide groups is 2. The summed E-state index contributed by atoms with van der Waals surface area (Å²) in [5.41, 5.74) is -1.01. The van der Waals surface area contributed by atoms with Crippen LogP contribution >= 0.6 is 0 Å². The Labute approximate surface area is 218 Å². The van der Waals surface area contributed by atoms with Crippen LogP contribution in [0.1, 0.15) is 49.9 Å². The highest BCUT2D eigenvalue weighted by molar-refractivity contribution is 6.26. The Bertz CT molecular complexity index is 1320. The molecule has 10 heteroatoms. The third kappa shape index (κ3) is 3.49. The van der Waals surface area contributed by atoms with E-state index in [4.69, 9.17) is 0 Å². The van der Waals surface area contributed by atoms with E-state index in [1.54, 1.807) is 19.1 Å². The van der Waals surface area contributed by atoms with E-state index >= 15 is 0 Å². The monoisotopic (exact) mass is 527 g/mol. The van der Waals surface area contributed by atoms with Crippen LogP contribution in [-0.2, 0) is 20.6 Å². The summed E-state index contributed by atoms with van der Waals surface area (Å²) in [5.74, 6) is -3.80. The van der Waals surface area contributed by atoms with Crippen LogP contribution in [0.5, 0.6) is 0 Å². The third-order valence-electron chi connectivity index (χ3n) is 7.88. The molecule has 0 bridgehead atoms. The van der Waals surface area contributed by atoms with Crippen LogP contribution in [0.15, 0.2) is 48.5 Å². The number of carbonyl (C=O) groups excluding carboxylic acids is 4. The van der Waals surface area contributed by atoms with Gasteiger partial charge in [-0.1, -0.05) is 43.7 Å². The second-order valence-corrected chi connectivity index (χ2v) is 10.6. The average molecular weight is 528 g/mol. The number of benzene rings is 2. The minimum absolute atomic E-state index is 0.0196. The highest BCUT2D eigenvalue weighted by atomic mass is 19.4. The number of carbonyl (C=O) groups is 4. The molecule has 3 unspecified atom stereocenters. The van der Waals surface area contributed by atoms with Gasteiger partial charge in [-0.05, 0) is 56.0 Å². The number of likely N-dealkylation sites (tertiary alicyclic amines) is 1. The Morgan fingerprint density at radius 1 is 0.921 bits per heavy atom. The standard InChI is InChI=1S/C28H28F3N3O4/c1-5-32-23(35)20-21(24(32)36)27(14-15(2)3)25(37)33(19-12-10-18(11-13-19)28(29,30)31)26(38)34(27)22(20)17-8-6-16(4)7-9-17/h6-13,15,20-22H,5,14H2,1-4H3/t20?,21?,22?,27-/m1/s1. The largest absolute Gasteiger partial charge is 0.416 e. The van der Waals surface area contributed by atoms with Crippen molar-refractivity contribution in [3.8, 4) is 0 Å². The molecular formula is C28H28F3N3O4. The summed E-state index contributed by atoms with van der Waals surface area (Å²) >= 11 is 0. The fraction of sp³-hybridized carbons (Fsp3) is 0.429. The normalized spacial score (nSPS) is 27.2. The number of anilines is 1. The van der Waals surface area contributed by atoms with Crippen molar-refractivity contribution in [1.29, 1.82) is 0 Å². The van der Waals surface area contributed by atoms with Gasteiger partial charge in [-0.3, -0.25) is 19.3 Å². The van der Waals surface area contributed by atoms with Crippen molar-refractivity contribution >= 4 is 29.4 Å². The molecule has 0 radical (unpaired) electrons. The number of urea groups is 1. The molecule has 0 aliphatic carbocycles. The molecule has 3 aliphatic rings. The fourth-order valence-electron chi connectivity index (χ4n) is 6.44. The number of fused-ring (bicyclic) bond motifs is 3. The SMILES string of the molecule is CCN1C(=O)C2C(c3ccc(C)cc3)N3C(=O)N(c4ccc(C(F)(F)F)cc4)C(=O)[C@@]3(CC(C)C)C2C1=O. The molecule has 2 aromatic rings. The van der Waals surface area contributed by atoms with E-state index in [0.717, 1.165) is 39.6 Å². The highest BCUT2D eigenvalue weighted by Gasteiger charge is 2.77. The van der Waals surface area contributed by atoms with E-state index < -0.39 is 58.9 Å². The van der Waals surface area contributed by atoms with Crippen molar-refractivity contribution in [3.05, 3.63) is 65.2 Å². The van der Waals surface area contributed by atoms with Gasteiger partial charge in [0.1, 0.15) is 5.54 Å². The highest BCUT2D eigenvalue weighted by Crippen LogP contribution is 2.60. The van der Waals surface area contributed by atoms with Crippen molar-refractivity contribution in [2.24, 2.45) is 17.8 Å². The number of hydrogen-bond donors (Lipinski definition) is 0. The molecule has 0 saturated carbocycles. The molecule has 7 nitrogen and oxygen atoms in total. The van der Waals surface area contributed by atoms with Gasteiger partial charge in [0.05, 0.1) is 29.1 Å². The smallest absolute Gasteiger partial charge is 0.300 e. The molecule has 5 amide bonds. The van der Waals surface area contributed by atoms with E-state index in [0.29, 0.717) is 5.56 Å². The molecule has 200 valence electrons. The van der Waals surface area contributed by atoms with Crippen LogP contribution in [0.3, 0.4) is 0 Å². The van der Waals surface area contributed by atoms with Crippen LogP contribution in [0.25, 0.3) is 0 Å². The topological polar surface area (TPSA) is 78.0 Å².